The zero-order valence-corrected chi connectivity index (χ0v) is 22.7. The lowest BCUT2D eigenvalue weighted by molar-refractivity contribution is -0.124. The first-order valence-corrected chi connectivity index (χ1v) is 14.1. The molecule has 0 bridgehead atoms. The van der Waals surface area contributed by atoms with Crippen LogP contribution in [0, 0.1) is 11.2 Å². The summed E-state index contributed by atoms with van der Waals surface area (Å²) in [5, 5.41) is 2.76. The molecule has 37 heavy (non-hydrogen) atoms. The van der Waals surface area contributed by atoms with Gasteiger partial charge in [0.05, 0.1) is 24.5 Å². The number of rotatable bonds is 9. The van der Waals surface area contributed by atoms with Crippen LogP contribution in [0.5, 0.6) is 0 Å². The van der Waals surface area contributed by atoms with Gasteiger partial charge in [-0.25, -0.2) is 9.18 Å². The van der Waals surface area contributed by atoms with Gasteiger partial charge in [-0.05, 0) is 43.4 Å². The molecule has 9 heteroatoms. The molecule has 1 aromatic carbocycles. The first-order valence-electron chi connectivity index (χ1n) is 13.0. The minimum atomic E-state index is -0.568. The first-order chi connectivity index (χ1) is 17.7. The average molecular weight is 530 g/mol. The molecule has 2 fully saturated rings. The number of anilines is 2. The van der Waals surface area contributed by atoms with E-state index < -0.39 is 12.2 Å². The van der Waals surface area contributed by atoms with E-state index in [1.54, 1.807) is 12.1 Å². The van der Waals surface area contributed by atoms with Crippen molar-refractivity contribution >= 4 is 40.9 Å². The van der Waals surface area contributed by atoms with E-state index in [-0.39, 0.29) is 48.9 Å². The molecule has 1 aliphatic carbocycles. The van der Waals surface area contributed by atoms with Crippen molar-refractivity contribution in [2.45, 2.75) is 52.6 Å². The number of thioether (sulfide) groups is 1. The SMILES string of the molecule is CC[C@]1(C)C=CC(C(=O)CCC(=O)NCC2CN(c3ccc(N4CCSCC4)c(F)c3)C(=O)O2)=C(C)C1. The van der Waals surface area contributed by atoms with Crippen molar-refractivity contribution in [1.82, 2.24) is 5.32 Å². The van der Waals surface area contributed by atoms with Crippen LogP contribution in [0.1, 0.15) is 46.5 Å². The zero-order chi connectivity index (χ0) is 26.6. The van der Waals surface area contributed by atoms with E-state index in [0.717, 1.165) is 43.0 Å². The summed E-state index contributed by atoms with van der Waals surface area (Å²) >= 11 is 1.86. The number of amides is 2. The highest BCUT2D eigenvalue weighted by atomic mass is 32.2. The predicted octanol–water partition coefficient (Wildman–Crippen LogP) is 4.86. The molecule has 2 amide bonds. The molecule has 1 N–H and O–H groups in total. The Labute approximate surface area is 222 Å². The molecule has 4 rings (SSSR count). The summed E-state index contributed by atoms with van der Waals surface area (Å²) in [6.45, 7) is 8.25. The van der Waals surface area contributed by atoms with Crippen molar-refractivity contribution < 1.29 is 23.5 Å². The van der Waals surface area contributed by atoms with Gasteiger partial charge in [0.15, 0.2) is 5.78 Å². The third-order valence-electron chi connectivity index (χ3n) is 7.46. The van der Waals surface area contributed by atoms with Crippen LogP contribution in [0.4, 0.5) is 20.6 Å². The van der Waals surface area contributed by atoms with Gasteiger partial charge in [0, 0.05) is 43.0 Å². The normalized spacial score (nSPS) is 23.9. The van der Waals surface area contributed by atoms with Crippen LogP contribution in [0.3, 0.4) is 0 Å². The molecule has 2 heterocycles. The number of halogens is 1. The number of carbonyl (C=O) groups excluding carboxylic acids is 3. The van der Waals surface area contributed by atoms with Gasteiger partial charge < -0.3 is 15.0 Å². The second kappa shape index (κ2) is 11.7. The maximum atomic E-state index is 14.8. The zero-order valence-electron chi connectivity index (χ0n) is 21.8. The largest absolute Gasteiger partial charge is 0.442 e. The third kappa shape index (κ3) is 6.55. The highest BCUT2D eigenvalue weighted by molar-refractivity contribution is 7.99. The Bertz CT molecular complexity index is 1110. The maximum absolute atomic E-state index is 14.8. The lowest BCUT2D eigenvalue weighted by atomic mass is 9.75. The number of ketones is 1. The summed E-state index contributed by atoms with van der Waals surface area (Å²) in [7, 11) is 0. The number of allylic oxidation sites excluding steroid dienone is 4. The van der Waals surface area contributed by atoms with Crippen molar-refractivity contribution in [3.8, 4) is 0 Å². The number of cyclic esters (lactones) is 1. The van der Waals surface area contributed by atoms with Crippen LogP contribution in [-0.2, 0) is 14.3 Å². The van der Waals surface area contributed by atoms with Gasteiger partial charge in [-0.2, -0.15) is 11.8 Å². The predicted molar refractivity (Wildman–Crippen MR) is 146 cm³/mol. The van der Waals surface area contributed by atoms with Crippen molar-refractivity contribution in [3.05, 3.63) is 47.3 Å². The van der Waals surface area contributed by atoms with E-state index in [9.17, 15) is 18.8 Å². The van der Waals surface area contributed by atoms with Crippen LogP contribution < -0.4 is 15.1 Å². The molecule has 0 saturated carbocycles. The first kappa shape index (κ1) is 27.2. The number of benzene rings is 1. The molecular formula is C28H36FN3O4S. The Balaban J connectivity index is 1.24. The molecular weight excluding hydrogens is 493 g/mol. The van der Waals surface area contributed by atoms with Gasteiger partial charge in [0.1, 0.15) is 11.9 Å². The number of carbonyl (C=O) groups is 3. The van der Waals surface area contributed by atoms with E-state index in [0.29, 0.717) is 16.9 Å². The summed E-state index contributed by atoms with van der Waals surface area (Å²) in [5.41, 5.74) is 2.83. The molecule has 1 aromatic rings. The lowest BCUT2D eigenvalue weighted by Gasteiger charge is -2.29. The van der Waals surface area contributed by atoms with E-state index in [2.05, 4.69) is 25.2 Å². The van der Waals surface area contributed by atoms with Gasteiger partial charge in [-0.3, -0.25) is 14.5 Å². The smallest absolute Gasteiger partial charge is 0.414 e. The van der Waals surface area contributed by atoms with Gasteiger partial charge in [0.25, 0.3) is 0 Å². The van der Waals surface area contributed by atoms with Crippen molar-refractivity contribution in [3.63, 3.8) is 0 Å². The third-order valence-corrected chi connectivity index (χ3v) is 8.41. The molecule has 2 atom stereocenters. The Morgan fingerprint density at radius 3 is 2.68 bits per heavy atom. The topological polar surface area (TPSA) is 79.0 Å². The standard InChI is InChI=1S/C28H36FN3O4S/c1-4-28(3)10-9-22(19(2)16-28)25(33)7-8-26(34)30-17-21-18-32(27(35)36-21)20-5-6-24(23(29)15-20)31-11-13-37-14-12-31/h5-6,9-10,15,21H,4,7-8,11-14,16-18H2,1-3H3,(H,30,34)/t21?,28-/m1/s1. The van der Waals surface area contributed by atoms with Crippen molar-refractivity contribution in [2.24, 2.45) is 5.41 Å². The number of ether oxygens (including phenoxy) is 1. The molecule has 200 valence electrons. The monoisotopic (exact) mass is 529 g/mol. The quantitative estimate of drug-likeness (QED) is 0.492. The summed E-state index contributed by atoms with van der Waals surface area (Å²) in [4.78, 5) is 40.9. The lowest BCUT2D eigenvalue weighted by Crippen LogP contribution is -2.35. The minimum Gasteiger partial charge on any atom is -0.442 e. The van der Waals surface area contributed by atoms with Crippen LogP contribution in [-0.4, -0.2) is 61.6 Å². The van der Waals surface area contributed by atoms with Gasteiger partial charge in [0.2, 0.25) is 5.91 Å². The molecule has 3 aliphatic rings. The fourth-order valence-electron chi connectivity index (χ4n) is 5.00. The highest BCUT2D eigenvalue weighted by Gasteiger charge is 2.33. The molecule has 0 spiro atoms. The number of nitrogens with one attached hydrogen (secondary N) is 1. The van der Waals surface area contributed by atoms with Crippen LogP contribution >= 0.6 is 11.8 Å². The number of hydrogen-bond acceptors (Lipinski definition) is 6. The highest BCUT2D eigenvalue weighted by Crippen LogP contribution is 2.37. The fourth-order valence-corrected chi connectivity index (χ4v) is 5.90. The van der Waals surface area contributed by atoms with Crippen LogP contribution in [0.25, 0.3) is 0 Å². The molecule has 1 unspecified atom stereocenters. The van der Waals surface area contributed by atoms with Gasteiger partial charge in [-0.15, -0.1) is 0 Å². The number of hydrogen-bond donors (Lipinski definition) is 1. The molecule has 0 radical (unpaired) electrons. The van der Waals surface area contributed by atoms with Crippen molar-refractivity contribution in [1.29, 1.82) is 0 Å². The second-order valence-corrected chi connectivity index (χ2v) is 11.5. The maximum Gasteiger partial charge on any atom is 0.414 e. The summed E-state index contributed by atoms with van der Waals surface area (Å²) in [5.74, 6) is 1.27. The Morgan fingerprint density at radius 2 is 2.00 bits per heavy atom. The van der Waals surface area contributed by atoms with E-state index in [1.165, 1.54) is 11.0 Å². The average Bonchev–Trinajstić information content (AvgIpc) is 3.27. The van der Waals surface area contributed by atoms with E-state index >= 15 is 0 Å². The number of nitrogens with zero attached hydrogens (tertiary/aromatic N) is 2. The fraction of sp³-hybridized carbons (Fsp3) is 0.536. The summed E-state index contributed by atoms with van der Waals surface area (Å²) < 4.78 is 20.2. The van der Waals surface area contributed by atoms with E-state index in [1.807, 2.05) is 29.7 Å². The Morgan fingerprint density at radius 1 is 1.24 bits per heavy atom. The van der Waals surface area contributed by atoms with Crippen LogP contribution in [0.15, 0.2) is 41.5 Å². The minimum absolute atomic E-state index is 0.0331. The van der Waals surface area contributed by atoms with E-state index in [4.69, 9.17) is 4.74 Å². The number of Topliss-reactive ketones (excluding diaryl/α,β-unsaturated/α-hetero) is 1. The molecule has 2 aliphatic heterocycles. The summed E-state index contributed by atoms with van der Waals surface area (Å²) in [6, 6.07) is 4.80. The van der Waals surface area contributed by atoms with Gasteiger partial charge >= 0.3 is 6.09 Å². The van der Waals surface area contributed by atoms with Crippen LogP contribution in [0.2, 0.25) is 0 Å². The van der Waals surface area contributed by atoms with Crippen molar-refractivity contribution in [2.75, 3.05) is 47.5 Å². The second-order valence-electron chi connectivity index (χ2n) is 10.3. The summed E-state index contributed by atoms with van der Waals surface area (Å²) in [6.07, 6.45) is 4.93. The molecule has 2 saturated heterocycles. The Kier molecular flexibility index (Phi) is 8.62. The Hall–Kier alpha value is -2.81. The molecule has 7 nitrogen and oxygen atoms in total. The van der Waals surface area contributed by atoms with Gasteiger partial charge in [-0.1, -0.05) is 31.6 Å². The molecule has 0 aromatic heterocycles.